The van der Waals surface area contributed by atoms with Gasteiger partial charge in [0.05, 0.1) is 0 Å². The lowest BCUT2D eigenvalue weighted by atomic mass is 9.82. The summed E-state index contributed by atoms with van der Waals surface area (Å²) in [6.45, 7) is 4.44. The molecule has 0 saturated heterocycles. The molecule has 0 bridgehead atoms. The van der Waals surface area contributed by atoms with Crippen molar-refractivity contribution in [3.8, 4) is 77.9 Å². The maximum atomic E-state index is 2.39. The van der Waals surface area contributed by atoms with Crippen LogP contribution in [0.25, 0.3) is 207 Å². The van der Waals surface area contributed by atoms with Crippen molar-refractivity contribution in [3.05, 3.63) is 387 Å². The Kier molecular flexibility index (Phi) is 14.5. The first-order valence-corrected chi connectivity index (χ1v) is 36.3. The molecule has 0 heteroatoms. The standard InChI is InChI=1S/C68H42.C36H26/c1-3-23-45-43(19-1)21-17-37-53(45)65-55-29-9-13-33-59(55)67(60-34-14-10-30-56(60)65)63-41-39-51(47-25-5-7-27-49(47)63)52-40-42-64(50-28-8-6-26-48(50)52)68-61-35-15-11-31-57(61)66(58-32-12-16-36-62(58)68)54-38-18-22-44-20-2-4-24-46(44)54;1-23-19-20-31(28-14-6-3-11-25(23)28)32-21-22-35(30-16-8-7-15-29(30)32)36-33-17-9-4-12-26(33)24(2)27-13-5-10-18-34(27)36/h1-42H;3-22H,1-2H3. The van der Waals surface area contributed by atoms with Gasteiger partial charge in [-0.25, -0.2) is 0 Å². The Hall–Kier alpha value is -13.3. The van der Waals surface area contributed by atoms with Crippen LogP contribution in [0.3, 0.4) is 0 Å². The third kappa shape index (κ3) is 9.60. The third-order valence-electron chi connectivity index (χ3n) is 22.5. The fourth-order valence-corrected chi connectivity index (χ4v) is 17.9. The number of hydrogen-bond acceptors (Lipinski definition) is 0. The topological polar surface area (TPSA) is 0 Å². The van der Waals surface area contributed by atoms with Crippen molar-refractivity contribution in [1.29, 1.82) is 0 Å². The number of aryl methyl sites for hydroxylation is 2. The lowest BCUT2D eigenvalue weighted by Gasteiger charge is -2.21. The Morgan fingerprint density at radius 1 is 0.115 bits per heavy atom. The van der Waals surface area contributed by atoms with E-state index in [0.717, 1.165) is 0 Å². The number of fused-ring (bicyclic) bond motifs is 12. The van der Waals surface area contributed by atoms with Gasteiger partial charge in [0.1, 0.15) is 0 Å². The van der Waals surface area contributed by atoms with Crippen LogP contribution >= 0.6 is 0 Å². The van der Waals surface area contributed by atoms with Crippen molar-refractivity contribution in [3.63, 3.8) is 0 Å². The molecule has 0 unspecified atom stereocenters. The molecule has 0 nitrogen and oxygen atoms in total. The molecule has 0 fully saturated rings. The molecule has 21 aromatic rings. The Labute approximate surface area is 604 Å². The summed E-state index contributed by atoms with van der Waals surface area (Å²) in [5.41, 5.74) is 20.4. The summed E-state index contributed by atoms with van der Waals surface area (Å²) in [5.74, 6) is 0. The minimum atomic E-state index is 1.23. The van der Waals surface area contributed by atoms with E-state index in [2.05, 4.69) is 390 Å². The zero-order chi connectivity index (χ0) is 68.9. The predicted molar refractivity (Wildman–Crippen MR) is 450 cm³/mol. The number of rotatable bonds is 7. The Morgan fingerprint density at radius 3 is 0.577 bits per heavy atom. The van der Waals surface area contributed by atoms with Gasteiger partial charge in [-0.3, -0.25) is 0 Å². The van der Waals surface area contributed by atoms with Crippen molar-refractivity contribution in [2.45, 2.75) is 13.8 Å². The molecule has 0 amide bonds. The maximum Gasteiger partial charge on any atom is -0.00201 e. The second-order valence-electron chi connectivity index (χ2n) is 27.9. The van der Waals surface area contributed by atoms with Gasteiger partial charge in [0.25, 0.3) is 0 Å². The molecular formula is C104H68. The Bertz CT molecular complexity index is 6660. The van der Waals surface area contributed by atoms with Gasteiger partial charge in [-0.2, -0.15) is 0 Å². The Morgan fingerprint density at radius 2 is 0.288 bits per heavy atom. The summed E-state index contributed by atoms with van der Waals surface area (Å²) in [4.78, 5) is 0. The second kappa shape index (κ2) is 24.8. The lowest BCUT2D eigenvalue weighted by Crippen LogP contribution is -1.94. The molecule has 104 heavy (non-hydrogen) atoms. The van der Waals surface area contributed by atoms with Gasteiger partial charge < -0.3 is 0 Å². The van der Waals surface area contributed by atoms with Crippen LogP contribution in [0.1, 0.15) is 11.1 Å². The van der Waals surface area contributed by atoms with E-state index in [0.29, 0.717) is 0 Å². The second-order valence-corrected chi connectivity index (χ2v) is 27.9. The van der Waals surface area contributed by atoms with Crippen LogP contribution in [0.4, 0.5) is 0 Å². The minimum Gasteiger partial charge on any atom is -0.0616 e. The summed E-state index contributed by atoms with van der Waals surface area (Å²) in [6.07, 6.45) is 0. The average molecular weight is 1320 g/mol. The molecule has 0 atom stereocenters. The predicted octanol–water partition coefficient (Wildman–Crippen LogP) is 29.5. The fraction of sp³-hybridized carbons (Fsp3) is 0.0192. The molecular weight excluding hydrogens is 1250 g/mol. The summed E-state index contributed by atoms with van der Waals surface area (Å²) in [7, 11) is 0. The van der Waals surface area contributed by atoms with Crippen LogP contribution in [-0.2, 0) is 0 Å². The molecule has 0 aliphatic heterocycles. The first kappa shape index (κ1) is 60.7. The van der Waals surface area contributed by atoms with Crippen molar-refractivity contribution in [2.75, 3.05) is 0 Å². The molecule has 21 aromatic carbocycles. The van der Waals surface area contributed by atoms with E-state index in [9.17, 15) is 0 Å². The summed E-state index contributed by atoms with van der Waals surface area (Å²) in [5, 5.41) is 30.6. The van der Waals surface area contributed by atoms with E-state index < -0.39 is 0 Å². The summed E-state index contributed by atoms with van der Waals surface area (Å²) < 4.78 is 0. The monoisotopic (exact) mass is 1320 g/mol. The highest BCUT2D eigenvalue weighted by molar-refractivity contribution is 6.29. The van der Waals surface area contributed by atoms with Crippen molar-refractivity contribution in [1.82, 2.24) is 0 Å². The van der Waals surface area contributed by atoms with E-state index in [1.165, 1.54) is 218 Å². The molecule has 0 radical (unpaired) electrons. The highest BCUT2D eigenvalue weighted by Crippen LogP contribution is 2.52. The first-order valence-electron chi connectivity index (χ1n) is 36.3. The molecule has 0 aliphatic rings. The van der Waals surface area contributed by atoms with Gasteiger partial charge >= 0.3 is 0 Å². The van der Waals surface area contributed by atoms with E-state index in [1.807, 2.05) is 0 Å². The molecule has 484 valence electrons. The molecule has 0 aliphatic carbocycles. The lowest BCUT2D eigenvalue weighted by molar-refractivity contribution is 1.53. The van der Waals surface area contributed by atoms with E-state index in [1.54, 1.807) is 0 Å². The SMILES string of the molecule is Cc1ccc(-c2ccc(-c3c4ccccc4c(C)c4ccccc34)c3ccccc23)c2ccccc12.c1ccc2c(-c3c4ccccc4c(-c4ccc(-c5ccc(-c6c7ccccc7c(-c7cccc8ccccc78)c7ccccc67)c6ccccc56)c5ccccc45)c4ccccc34)cccc2c1. The molecule has 0 N–H and O–H groups in total. The van der Waals surface area contributed by atoms with Gasteiger partial charge in [-0.15, -0.1) is 0 Å². The van der Waals surface area contributed by atoms with Crippen LogP contribution in [0, 0.1) is 13.8 Å². The van der Waals surface area contributed by atoms with Crippen LogP contribution in [0.5, 0.6) is 0 Å². The van der Waals surface area contributed by atoms with Gasteiger partial charge in [-0.1, -0.05) is 376 Å². The zero-order valence-electron chi connectivity index (χ0n) is 57.8. The smallest absolute Gasteiger partial charge is 0.00201 e. The molecule has 0 heterocycles. The molecule has 0 aromatic heterocycles. The third-order valence-corrected chi connectivity index (χ3v) is 22.5. The van der Waals surface area contributed by atoms with Gasteiger partial charge in [0, 0.05) is 0 Å². The summed E-state index contributed by atoms with van der Waals surface area (Å²) in [6, 6.07) is 139. The van der Waals surface area contributed by atoms with Crippen molar-refractivity contribution in [2.24, 2.45) is 0 Å². The van der Waals surface area contributed by atoms with E-state index in [-0.39, 0.29) is 0 Å². The van der Waals surface area contributed by atoms with Crippen LogP contribution in [-0.4, -0.2) is 0 Å². The van der Waals surface area contributed by atoms with Crippen LogP contribution in [0.15, 0.2) is 376 Å². The number of hydrogen-bond donors (Lipinski definition) is 0. The molecule has 0 spiro atoms. The van der Waals surface area contributed by atoms with Crippen molar-refractivity contribution < 1.29 is 0 Å². The Balaban J connectivity index is 0.000000168. The van der Waals surface area contributed by atoms with E-state index in [4.69, 9.17) is 0 Å². The first-order chi connectivity index (χ1) is 51.5. The molecule has 21 rings (SSSR count). The minimum absolute atomic E-state index is 1.23. The highest BCUT2D eigenvalue weighted by Gasteiger charge is 2.25. The highest BCUT2D eigenvalue weighted by atomic mass is 14.3. The average Bonchev–Trinajstić information content (AvgIpc) is 0.721. The normalized spacial score (nSPS) is 11.8. The van der Waals surface area contributed by atoms with Gasteiger partial charge in [0.15, 0.2) is 0 Å². The van der Waals surface area contributed by atoms with E-state index >= 15 is 0 Å². The summed E-state index contributed by atoms with van der Waals surface area (Å²) >= 11 is 0. The fourth-order valence-electron chi connectivity index (χ4n) is 17.9. The van der Waals surface area contributed by atoms with Crippen molar-refractivity contribution >= 4 is 129 Å². The van der Waals surface area contributed by atoms with Gasteiger partial charge in [0.2, 0.25) is 0 Å². The molecule has 0 saturated carbocycles. The maximum absolute atomic E-state index is 2.39. The largest absolute Gasteiger partial charge is 0.0616 e. The number of benzene rings is 21. The van der Waals surface area contributed by atoms with Gasteiger partial charge in [-0.05, 0) is 232 Å². The zero-order valence-corrected chi connectivity index (χ0v) is 57.8. The van der Waals surface area contributed by atoms with Crippen LogP contribution in [0.2, 0.25) is 0 Å². The van der Waals surface area contributed by atoms with Crippen LogP contribution < -0.4 is 0 Å². The quantitative estimate of drug-likeness (QED) is 0.140.